The molecule has 4 fully saturated rings. The molecule has 11 nitrogen and oxygen atoms in total. The Labute approximate surface area is 338 Å². The number of ether oxygens (including phenoxy) is 2. The largest absolute Gasteiger partial charge is 0.436 e. The van der Waals surface area contributed by atoms with Gasteiger partial charge in [0.1, 0.15) is 23.1 Å². The van der Waals surface area contributed by atoms with Gasteiger partial charge in [0.05, 0.1) is 36.9 Å². The third kappa shape index (κ3) is 6.01. The minimum Gasteiger partial charge on any atom is -0.436 e. The standard InChI is InChI=1S/C47H51N7O4/c1-46-20-18-36-34-12-8-32(22-28(34)6-10-38(36)40(46)14-16-42(46)55)57-44-26-53(51-49-44)24-30-4-3-5-31(48-30)25-54-27-45(50-52-54)58-33-9-13-35-29(23-33)7-11-39-37(35)19-21-47(2)41(39)15-17-43(47)56/h3-5,8-9,12-13,22-23,26-27,36-41H,6-7,10-11,14-21,24-25H2,1-2H3/t36-,37-,38-,39-,40+,41+,46+,47+/m1/s1. The van der Waals surface area contributed by atoms with E-state index in [1.165, 1.54) is 22.3 Å². The van der Waals surface area contributed by atoms with Gasteiger partial charge in [0.15, 0.2) is 0 Å². The van der Waals surface area contributed by atoms with Crippen LogP contribution in [0.4, 0.5) is 0 Å². The SMILES string of the molecule is C[C@]12CC[C@@H]3c4ccc(Oc5cn(Cc6cccc(Cn7cc(Oc8ccc9c(c8)CC[C@@H]8[C@@H]9CC[C@]9(C)C(=O)CC[C@@H]89)nn7)n6)nn5)cc4CC[C@H]3[C@@H]1CCC2=O. The zero-order valence-corrected chi connectivity index (χ0v) is 33.5. The molecule has 298 valence electrons. The monoisotopic (exact) mass is 777 g/mol. The Kier molecular flexibility index (Phi) is 8.49. The second kappa shape index (κ2) is 13.7. The van der Waals surface area contributed by atoms with E-state index >= 15 is 0 Å². The molecule has 0 aliphatic heterocycles. The lowest BCUT2D eigenvalue weighted by atomic mass is 9.55. The molecule has 0 bridgehead atoms. The Bertz CT molecular complexity index is 2280. The van der Waals surface area contributed by atoms with Crippen molar-refractivity contribution in [1.29, 1.82) is 0 Å². The van der Waals surface area contributed by atoms with Gasteiger partial charge < -0.3 is 9.47 Å². The Morgan fingerprint density at radius 2 is 1.10 bits per heavy atom. The van der Waals surface area contributed by atoms with Gasteiger partial charge in [0.25, 0.3) is 11.8 Å². The van der Waals surface area contributed by atoms with E-state index in [4.69, 9.17) is 14.5 Å². The highest BCUT2D eigenvalue weighted by Gasteiger charge is 2.55. The molecule has 0 unspecified atom stereocenters. The Hall–Kier alpha value is -5.19. The summed E-state index contributed by atoms with van der Waals surface area (Å²) < 4.78 is 15.9. The minimum atomic E-state index is -0.102. The number of fused-ring (bicyclic) bond motifs is 10. The fourth-order valence-electron chi connectivity index (χ4n) is 12.9. The first kappa shape index (κ1) is 35.9. The molecule has 3 heterocycles. The maximum Gasteiger partial charge on any atom is 0.258 e. The van der Waals surface area contributed by atoms with Crippen LogP contribution in [0.5, 0.6) is 23.3 Å². The van der Waals surface area contributed by atoms with E-state index in [-0.39, 0.29) is 10.8 Å². The number of ketones is 2. The maximum atomic E-state index is 12.7. The molecule has 0 saturated heterocycles. The molecule has 0 amide bonds. The topological polar surface area (TPSA) is 127 Å². The Morgan fingerprint density at radius 3 is 1.59 bits per heavy atom. The van der Waals surface area contributed by atoms with E-state index in [0.29, 0.717) is 71.9 Å². The maximum absolute atomic E-state index is 12.7. The van der Waals surface area contributed by atoms with Crippen LogP contribution in [0.3, 0.4) is 0 Å². The number of hydrogen-bond donors (Lipinski definition) is 0. The van der Waals surface area contributed by atoms with Crippen LogP contribution in [0.2, 0.25) is 0 Å². The molecular formula is C47H51N7O4. The highest BCUT2D eigenvalue weighted by molar-refractivity contribution is 5.87. The van der Waals surface area contributed by atoms with Gasteiger partial charge in [0, 0.05) is 23.7 Å². The van der Waals surface area contributed by atoms with Crippen LogP contribution in [-0.2, 0) is 35.5 Å². The summed E-state index contributed by atoms with van der Waals surface area (Å²) in [5, 5.41) is 17.3. The van der Waals surface area contributed by atoms with E-state index in [1.807, 2.05) is 30.6 Å². The van der Waals surface area contributed by atoms with Crippen molar-refractivity contribution >= 4 is 11.6 Å². The third-order valence-corrected chi connectivity index (χ3v) is 15.8. The molecular weight excluding hydrogens is 727 g/mol. The molecule has 0 radical (unpaired) electrons. The fraction of sp³-hybridized carbons (Fsp3) is 0.511. The number of benzene rings is 2. The first-order valence-electron chi connectivity index (χ1n) is 21.6. The second-order valence-electron chi connectivity index (χ2n) is 18.7. The first-order valence-corrected chi connectivity index (χ1v) is 21.6. The van der Waals surface area contributed by atoms with Crippen LogP contribution >= 0.6 is 0 Å². The number of pyridine rings is 1. The molecule has 6 aliphatic carbocycles. The van der Waals surface area contributed by atoms with Crippen molar-refractivity contribution in [2.75, 3.05) is 0 Å². The predicted molar refractivity (Wildman–Crippen MR) is 215 cm³/mol. The quantitative estimate of drug-likeness (QED) is 0.152. The summed E-state index contributed by atoms with van der Waals surface area (Å²) in [6, 6.07) is 18.9. The third-order valence-electron chi connectivity index (χ3n) is 15.8. The highest BCUT2D eigenvalue weighted by atomic mass is 16.5. The highest BCUT2D eigenvalue weighted by Crippen LogP contribution is 2.61. The van der Waals surface area contributed by atoms with Crippen LogP contribution < -0.4 is 9.47 Å². The van der Waals surface area contributed by atoms with Crippen molar-refractivity contribution in [2.45, 2.75) is 116 Å². The zero-order valence-electron chi connectivity index (χ0n) is 33.5. The van der Waals surface area contributed by atoms with Crippen LogP contribution in [0.25, 0.3) is 0 Å². The summed E-state index contributed by atoms with van der Waals surface area (Å²) in [5.41, 5.74) is 7.10. The van der Waals surface area contributed by atoms with Crippen LogP contribution in [-0.4, -0.2) is 46.5 Å². The van der Waals surface area contributed by atoms with Crippen molar-refractivity contribution < 1.29 is 19.1 Å². The van der Waals surface area contributed by atoms with Gasteiger partial charge in [0.2, 0.25) is 0 Å². The van der Waals surface area contributed by atoms with E-state index in [9.17, 15) is 9.59 Å². The Balaban J connectivity index is 0.704. The van der Waals surface area contributed by atoms with E-state index in [0.717, 1.165) is 99.9 Å². The summed E-state index contributed by atoms with van der Waals surface area (Å²) in [6.07, 6.45) is 15.8. The number of carbonyl (C=O) groups is 2. The molecule has 0 N–H and O–H groups in total. The van der Waals surface area contributed by atoms with Crippen molar-refractivity contribution in [2.24, 2.45) is 34.5 Å². The molecule has 58 heavy (non-hydrogen) atoms. The van der Waals surface area contributed by atoms with Crippen molar-refractivity contribution in [3.8, 4) is 23.3 Å². The average Bonchev–Trinajstić information content (AvgIpc) is 4.01. The average molecular weight is 778 g/mol. The molecule has 4 saturated carbocycles. The molecule has 11 rings (SSSR count). The number of aryl methyl sites for hydroxylation is 2. The van der Waals surface area contributed by atoms with Gasteiger partial charge in [-0.2, -0.15) is 0 Å². The molecule has 8 atom stereocenters. The molecule has 3 aromatic heterocycles. The number of hydrogen-bond acceptors (Lipinski definition) is 9. The Morgan fingerprint density at radius 1 is 0.621 bits per heavy atom. The summed E-state index contributed by atoms with van der Waals surface area (Å²) in [7, 11) is 0. The van der Waals surface area contributed by atoms with Crippen molar-refractivity contribution in [1.82, 2.24) is 35.0 Å². The van der Waals surface area contributed by atoms with Gasteiger partial charge >= 0.3 is 0 Å². The summed E-state index contributed by atoms with van der Waals surface area (Å²) >= 11 is 0. The van der Waals surface area contributed by atoms with Gasteiger partial charge in [-0.3, -0.25) is 14.6 Å². The lowest BCUT2D eigenvalue weighted by Crippen LogP contribution is -2.42. The van der Waals surface area contributed by atoms with Crippen LogP contribution in [0, 0.1) is 34.5 Å². The minimum absolute atomic E-state index is 0.102. The molecule has 2 aromatic carbocycles. The molecule has 6 aliphatic rings. The van der Waals surface area contributed by atoms with E-state index in [1.54, 1.807) is 9.36 Å². The van der Waals surface area contributed by atoms with E-state index < -0.39 is 0 Å². The van der Waals surface area contributed by atoms with E-state index in [2.05, 4.69) is 70.9 Å². The van der Waals surface area contributed by atoms with Crippen LogP contribution in [0.1, 0.15) is 124 Å². The van der Waals surface area contributed by atoms with Gasteiger partial charge in [-0.15, -0.1) is 0 Å². The zero-order chi connectivity index (χ0) is 39.2. The van der Waals surface area contributed by atoms with Crippen molar-refractivity contribution in [3.05, 3.63) is 101 Å². The molecule has 11 heteroatoms. The predicted octanol–water partition coefficient (Wildman–Crippen LogP) is 8.80. The number of rotatable bonds is 8. The van der Waals surface area contributed by atoms with Crippen molar-refractivity contribution in [3.63, 3.8) is 0 Å². The lowest BCUT2D eigenvalue weighted by Gasteiger charge is -2.48. The number of nitrogens with zero attached hydrogens (tertiary/aromatic N) is 7. The van der Waals surface area contributed by atoms with Gasteiger partial charge in [-0.1, -0.05) is 52.7 Å². The molecule has 5 aromatic rings. The fourth-order valence-corrected chi connectivity index (χ4v) is 12.9. The summed E-state index contributed by atoms with van der Waals surface area (Å²) in [5.74, 6) is 6.77. The second-order valence-corrected chi connectivity index (χ2v) is 18.7. The van der Waals surface area contributed by atoms with Crippen LogP contribution in [0.15, 0.2) is 67.0 Å². The number of carbonyl (C=O) groups excluding carboxylic acids is 2. The first-order chi connectivity index (χ1) is 28.2. The lowest BCUT2D eigenvalue weighted by molar-refractivity contribution is -0.130. The van der Waals surface area contributed by atoms with Gasteiger partial charge in [-0.05, 0) is 158 Å². The summed E-state index contributed by atoms with van der Waals surface area (Å²) in [4.78, 5) is 30.3. The normalized spacial score (nSPS) is 30.8. The smallest absolute Gasteiger partial charge is 0.258 e. The number of Topliss-reactive ketones (excluding diaryl/α,β-unsaturated/α-hetero) is 2. The molecule has 0 spiro atoms. The summed E-state index contributed by atoms with van der Waals surface area (Å²) in [6.45, 7) is 5.36. The number of aromatic nitrogens is 7. The van der Waals surface area contributed by atoms with Gasteiger partial charge in [-0.25, -0.2) is 9.36 Å².